The zero-order valence-corrected chi connectivity index (χ0v) is 22.6. The molecule has 4 aromatic rings. The van der Waals surface area contributed by atoms with Crippen molar-refractivity contribution >= 4 is 46.5 Å². The van der Waals surface area contributed by atoms with Gasteiger partial charge in [-0.1, -0.05) is 36.4 Å². The van der Waals surface area contributed by atoms with Crippen LogP contribution in [0.2, 0.25) is 0 Å². The van der Waals surface area contributed by atoms with Crippen molar-refractivity contribution in [3.8, 4) is 0 Å². The van der Waals surface area contributed by atoms with E-state index in [9.17, 15) is 19.8 Å². The van der Waals surface area contributed by atoms with E-state index in [0.29, 0.717) is 23.3 Å². The van der Waals surface area contributed by atoms with Crippen LogP contribution in [-0.2, 0) is 16.3 Å². The number of para-hydroxylation sites is 2. The number of aromatic nitrogens is 4. The normalized spacial score (nSPS) is 19.6. The molecule has 0 saturated carbocycles. The highest BCUT2D eigenvalue weighted by Gasteiger charge is 2.47. The second-order valence-electron chi connectivity index (χ2n) is 10.2. The first-order chi connectivity index (χ1) is 20.5. The highest BCUT2D eigenvalue weighted by molar-refractivity contribution is 6.21. The van der Waals surface area contributed by atoms with Gasteiger partial charge in [0, 0.05) is 18.7 Å². The van der Waals surface area contributed by atoms with Gasteiger partial charge in [0.05, 0.1) is 30.4 Å². The van der Waals surface area contributed by atoms with Crippen molar-refractivity contribution in [3.63, 3.8) is 0 Å². The van der Waals surface area contributed by atoms with E-state index in [0.717, 1.165) is 11.3 Å². The third-order valence-corrected chi connectivity index (χ3v) is 7.67. The van der Waals surface area contributed by atoms with Crippen LogP contribution in [0.4, 0.5) is 22.0 Å². The molecule has 0 aliphatic carbocycles. The molecule has 216 valence electrons. The highest BCUT2D eigenvalue weighted by Crippen LogP contribution is 2.37. The molecule has 6 rings (SSSR count). The van der Waals surface area contributed by atoms with Gasteiger partial charge in [0.2, 0.25) is 0 Å². The standard InChI is InChI=1S/C29H30N8O5/c30-26-25-27(33-15-32-26)35(16-34-25)17-42-24(23(39)14-38)10-11-36-22(12-18-13-31-21-9-5-4-8-20(18)21)28(40)37(29(36)41)19-6-2-1-3-7-19/h1-9,13,15-16,18,22-24,38-39H,10-12,14,17H2,(H2,30,32,33)/t18?,22?,23-,24+/m0/s1. The quantitative estimate of drug-likeness (QED) is 0.229. The number of carbonyl (C=O) groups excluding carboxylic acids is 2. The average Bonchev–Trinajstić information content (AvgIpc) is 3.69. The van der Waals surface area contributed by atoms with Crippen molar-refractivity contribution in [1.29, 1.82) is 0 Å². The number of imide groups is 1. The largest absolute Gasteiger partial charge is 0.394 e. The van der Waals surface area contributed by atoms with Crippen LogP contribution in [0.5, 0.6) is 0 Å². The first-order valence-corrected chi connectivity index (χ1v) is 13.6. The molecule has 1 fully saturated rings. The van der Waals surface area contributed by atoms with Gasteiger partial charge < -0.3 is 25.6 Å². The lowest BCUT2D eigenvalue weighted by atomic mass is 9.93. The fourth-order valence-corrected chi connectivity index (χ4v) is 5.47. The lowest BCUT2D eigenvalue weighted by Gasteiger charge is -2.27. The topological polar surface area (TPSA) is 172 Å². The Morgan fingerprint density at radius 1 is 1.02 bits per heavy atom. The van der Waals surface area contributed by atoms with Crippen molar-refractivity contribution in [2.75, 3.05) is 23.8 Å². The zero-order chi connectivity index (χ0) is 29.2. The molecule has 2 aliphatic rings. The first-order valence-electron chi connectivity index (χ1n) is 13.6. The summed E-state index contributed by atoms with van der Waals surface area (Å²) < 4.78 is 7.59. The number of aliphatic hydroxyl groups excluding tert-OH is 2. The lowest BCUT2D eigenvalue weighted by molar-refractivity contribution is -0.120. The number of anilines is 2. The summed E-state index contributed by atoms with van der Waals surface area (Å²) in [5.41, 5.74) is 9.08. The Balaban J connectivity index is 1.22. The number of benzene rings is 2. The number of aliphatic hydroxyl groups is 2. The highest BCUT2D eigenvalue weighted by atomic mass is 16.5. The molecular weight excluding hydrogens is 540 g/mol. The molecule has 2 aliphatic heterocycles. The van der Waals surface area contributed by atoms with Crippen LogP contribution >= 0.6 is 0 Å². The molecule has 0 radical (unpaired) electrons. The summed E-state index contributed by atoms with van der Waals surface area (Å²) in [7, 11) is 0. The van der Waals surface area contributed by atoms with E-state index in [1.807, 2.05) is 36.5 Å². The van der Waals surface area contributed by atoms with E-state index in [-0.39, 0.29) is 37.3 Å². The number of carbonyl (C=O) groups is 2. The van der Waals surface area contributed by atoms with Crippen LogP contribution in [0.25, 0.3) is 11.2 Å². The third kappa shape index (κ3) is 5.09. The number of rotatable bonds is 11. The Hall–Kier alpha value is -4.72. The molecular formula is C29H30N8O5. The van der Waals surface area contributed by atoms with E-state index >= 15 is 0 Å². The molecule has 4 N–H and O–H groups in total. The molecule has 1 saturated heterocycles. The minimum absolute atomic E-state index is 0.0452. The SMILES string of the molecule is Nc1ncnc2c1ncn2CO[C@H](CCN1C(=O)N(c2ccccc2)C(=O)C1CC1C=Nc2ccccc21)[C@@H](O)CO. The molecule has 42 heavy (non-hydrogen) atoms. The molecule has 2 unspecified atom stereocenters. The molecule has 2 aromatic heterocycles. The number of nitrogens with two attached hydrogens (primary N) is 1. The van der Waals surface area contributed by atoms with E-state index < -0.39 is 30.9 Å². The molecule has 4 atom stereocenters. The number of aliphatic imine (C=N–C) groups is 1. The van der Waals surface area contributed by atoms with Crippen molar-refractivity contribution in [1.82, 2.24) is 24.4 Å². The maximum atomic E-state index is 13.8. The van der Waals surface area contributed by atoms with Crippen LogP contribution in [0, 0.1) is 0 Å². The maximum absolute atomic E-state index is 13.8. The van der Waals surface area contributed by atoms with E-state index in [4.69, 9.17) is 10.5 Å². The molecule has 0 bridgehead atoms. The summed E-state index contributed by atoms with van der Waals surface area (Å²) in [4.78, 5) is 47.0. The number of hydrogen-bond acceptors (Lipinski definition) is 10. The number of nitrogens with zero attached hydrogens (tertiary/aromatic N) is 7. The number of imidazole rings is 1. The van der Waals surface area contributed by atoms with Gasteiger partial charge in [0.1, 0.15) is 30.7 Å². The fraction of sp³-hybridized carbons (Fsp3) is 0.310. The molecule has 13 nitrogen and oxygen atoms in total. The van der Waals surface area contributed by atoms with Gasteiger partial charge in [-0.15, -0.1) is 0 Å². The summed E-state index contributed by atoms with van der Waals surface area (Å²) >= 11 is 0. The number of amides is 3. The van der Waals surface area contributed by atoms with Gasteiger partial charge in [-0.05, 0) is 36.6 Å². The number of ether oxygens (including phenoxy) is 1. The Labute approximate surface area is 240 Å². The smallest absolute Gasteiger partial charge is 0.332 e. The summed E-state index contributed by atoms with van der Waals surface area (Å²) in [6.07, 6.45) is 3.04. The number of urea groups is 1. The van der Waals surface area contributed by atoms with Crippen LogP contribution in [0.1, 0.15) is 24.3 Å². The van der Waals surface area contributed by atoms with Gasteiger partial charge in [-0.25, -0.2) is 24.6 Å². The molecule has 4 heterocycles. The van der Waals surface area contributed by atoms with E-state index in [1.54, 1.807) is 28.8 Å². The Bertz CT molecular complexity index is 1630. The summed E-state index contributed by atoms with van der Waals surface area (Å²) in [6.45, 7) is -0.492. The van der Waals surface area contributed by atoms with Crippen molar-refractivity contribution in [2.45, 2.75) is 43.7 Å². The van der Waals surface area contributed by atoms with Gasteiger partial charge in [-0.2, -0.15) is 0 Å². The van der Waals surface area contributed by atoms with Gasteiger partial charge >= 0.3 is 6.03 Å². The molecule has 2 aromatic carbocycles. The number of fused-ring (bicyclic) bond motifs is 2. The summed E-state index contributed by atoms with van der Waals surface area (Å²) in [5.74, 6) is -0.238. The molecule has 13 heteroatoms. The maximum Gasteiger partial charge on any atom is 0.332 e. The predicted molar refractivity (Wildman–Crippen MR) is 154 cm³/mol. The van der Waals surface area contributed by atoms with Gasteiger partial charge in [-0.3, -0.25) is 14.4 Å². The zero-order valence-electron chi connectivity index (χ0n) is 22.6. The number of hydrogen-bond donors (Lipinski definition) is 3. The van der Waals surface area contributed by atoms with Crippen LogP contribution in [-0.4, -0.2) is 84.2 Å². The van der Waals surface area contributed by atoms with Crippen molar-refractivity contribution < 1.29 is 24.5 Å². The second kappa shape index (κ2) is 11.6. The van der Waals surface area contributed by atoms with E-state index in [2.05, 4.69) is 19.9 Å². The average molecular weight is 571 g/mol. The third-order valence-electron chi connectivity index (χ3n) is 7.67. The van der Waals surface area contributed by atoms with Crippen LogP contribution in [0.15, 0.2) is 72.2 Å². The summed E-state index contributed by atoms with van der Waals surface area (Å²) in [6, 6.07) is 15.3. The van der Waals surface area contributed by atoms with Crippen molar-refractivity contribution in [3.05, 3.63) is 72.8 Å². The van der Waals surface area contributed by atoms with Crippen LogP contribution < -0.4 is 10.6 Å². The van der Waals surface area contributed by atoms with Gasteiger partial charge in [0.25, 0.3) is 5.91 Å². The Morgan fingerprint density at radius 3 is 2.62 bits per heavy atom. The minimum atomic E-state index is -1.23. The molecule has 3 amide bonds. The second-order valence-corrected chi connectivity index (χ2v) is 10.2. The van der Waals surface area contributed by atoms with Crippen molar-refractivity contribution in [2.24, 2.45) is 4.99 Å². The summed E-state index contributed by atoms with van der Waals surface area (Å²) in [5, 5.41) is 20.3. The number of nitrogen functional groups attached to an aromatic ring is 1. The van der Waals surface area contributed by atoms with E-state index in [1.165, 1.54) is 22.5 Å². The first kappa shape index (κ1) is 27.4. The minimum Gasteiger partial charge on any atom is -0.394 e. The Morgan fingerprint density at radius 2 is 1.81 bits per heavy atom. The Kier molecular flexibility index (Phi) is 7.61. The van der Waals surface area contributed by atoms with Gasteiger partial charge in [0.15, 0.2) is 11.5 Å². The monoisotopic (exact) mass is 570 g/mol. The fourth-order valence-electron chi connectivity index (χ4n) is 5.47. The van der Waals surface area contributed by atoms with Crippen LogP contribution in [0.3, 0.4) is 0 Å². The lowest BCUT2D eigenvalue weighted by Crippen LogP contribution is -2.41. The molecule has 0 spiro atoms. The predicted octanol–water partition coefficient (Wildman–Crippen LogP) is 2.22.